The summed E-state index contributed by atoms with van der Waals surface area (Å²) in [4.78, 5) is 23.9. The van der Waals surface area contributed by atoms with Crippen molar-refractivity contribution in [3.05, 3.63) is 34.6 Å². The zero-order valence-electron chi connectivity index (χ0n) is 10.4. The quantitative estimate of drug-likeness (QED) is 0.878. The van der Waals surface area contributed by atoms with Gasteiger partial charge >= 0.3 is 0 Å². The Morgan fingerprint density at radius 1 is 1.47 bits per heavy atom. The van der Waals surface area contributed by atoms with Crippen molar-refractivity contribution in [1.29, 1.82) is 0 Å². The van der Waals surface area contributed by atoms with Crippen LogP contribution in [0.1, 0.15) is 6.42 Å². The molecule has 0 radical (unpaired) electrons. The van der Waals surface area contributed by atoms with E-state index >= 15 is 0 Å². The number of nitrogens with zero attached hydrogens (tertiary/aromatic N) is 1. The summed E-state index contributed by atoms with van der Waals surface area (Å²) in [6.07, 6.45) is 1.01. The molecule has 5 nitrogen and oxygen atoms in total. The molecule has 100 valence electrons. The number of aromatic nitrogens is 2. The lowest BCUT2D eigenvalue weighted by atomic mass is 10.2. The number of thioether (sulfide) groups is 1. The summed E-state index contributed by atoms with van der Waals surface area (Å²) >= 11 is 1.85. The van der Waals surface area contributed by atoms with Gasteiger partial charge in [-0.05, 0) is 24.3 Å². The van der Waals surface area contributed by atoms with Crippen molar-refractivity contribution < 1.29 is 4.79 Å². The molecular weight excluding hydrogens is 262 g/mol. The molecule has 1 amide bonds. The fraction of sp³-hybridized carbons (Fsp3) is 0.385. The molecule has 1 saturated heterocycles. The number of fused-ring (bicyclic) bond motifs is 1. The monoisotopic (exact) mass is 277 g/mol. The minimum Gasteiger partial charge on any atom is -0.351 e. The van der Waals surface area contributed by atoms with Crippen molar-refractivity contribution in [2.24, 2.45) is 0 Å². The predicted molar refractivity (Wildman–Crippen MR) is 76.4 cm³/mol. The normalized spacial score (nSPS) is 18.8. The average molecular weight is 277 g/mol. The van der Waals surface area contributed by atoms with Gasteiger partial charge < -0.3 is 5.32 Å². The van der Waals surface area contributed by atoms with Gasteiger partial charge in [-0.3, -0.25) is 14.7 Å². The van der Waals surface area contributed by atoms with Gasteiger partial charge in [0.05, 0.1) is 10.9 Å². The summed E-state index contributed by atoms with van der Waals surface area (Å²) < 4.78 is 1.36. The molecule has 2 heterocycles. The van der Waals surface area contributed by atoms with Crippen LogP contribution >= 0.6 is 11.8 Å². The highest BCUT2D eigenvalue weighted by Gasteiger charge is 2.18. The van der Waals surface area contributed by atoms with E-state index in [1.165, 1.54) is 4.68 Å². The smallest absolute Gasteiger partial charge is 0.274 e. The molecule has 1 aromatic carbocycles. The fourth-order valence-corrected chi connectivity index (χ4v) is 3.44. The van der Waals surface area contributed by atoms with Crippen LogP contribution in [0, 0.1) is 0 Å². The highest BCUT2D eigenvalue weighted by molar-refractivity contribution is 7.99. The highest BCUT2D eigenvalue weighted by atomic mass is 32.2. The van der Waals surface area contributed by atoms with Gasteiger partial charge in [-0.2, -0.15) is 11.8 Å². The van der Waals surface area contributed by atoms with Crippen LogP contribution in [0.5, 0.6) is 0 Å². The first kappa shape index (κ1) is 12.3. The number of hydrogen-bond acceptors (Lipinski definition) is 3. The minimum atomic E-state index is -0.147. The summed E-state index contributed by atoms with van der Waals surface area (Å²) in [5.41, 5.74) is 0.614. The lowest BCUT2D eigenvalue weighted by Crippen LogP contribution is -2.38. The van der Waals surface area contributed by atoms with E-state index in [0.29, 0.717) is 5.39 Å². The number of H-pyrrole nitrogens is 1. The second kappa shape index (κ2) is 5.13. The number of para-hydroxylation sites is 1. The van der Waals surface area contributed by atoms with Gasteiger partial charge in [0.25, 0.3) is 5.56 Å². The number of aromatic amines is 1. The molecule has 6 heteroatoms. The fourth-order valence-electron chi connectivity index (χ4n) is 2.29. The molecule has 0 aliphatic carbocycles. The van der Waals surface area contributed by atoms with Crippen molar-refractivity contribution in [2.45, 2.75) is 19.0 Å². The first-order chi connectivity index (χ1) is 9.24. The number of carbonyl (C=O) groups is 1. The SMILES string of the molecule is O=C(Cn1[nH]c2ccccc2c1=O)N[C@@H]1CCSC1. The van der Waals surface area contributed by atoms with Gasteiger partial charge in [-0.1, -0.05) is 12.1 Å². The third kappa shape index (κ3) is 2.53. The average Bonchev–Trinajstić information content (AvgIpc) is 3.00. The van der Waals surface area contributed by atoms with Gasteiger partial charge in [0.1, 0.15) is 6.54 Å². The number of amides is 1. The molecule has 1 atom stereocenters. The van der Waals surface area contributed by atoms with E-state index in [0.717, 1.165) is 23.4 Å². The molecule has 1 aliphatic rings. The van der Waals surface area contributed by atoms with Gasteiger partial charge in [0, 0.05) is 11.8 Å². The number of rotatable bonds is 3. The minimum absolute atomic E-state index is 0.0503. The molecule has 2 N–H and O–H groups in total. The molecule has 3 rings (SSSR count). The molecule has 19 heavy (non-hydrogen) atoms. The molecule has 1 fully saturated rings. The largest absolute Gasteiger partial charge is 0.351 e. The van der Waals surface area contributed by atoms with E-state index in [4.69, 9.17) is 0 Å². The van der Waals surface area contributed by atoms with E-state index in [2.05, 4.69) is 10.4 Å². The van der Waals surface area contributed by atoms with Crippen molar-refractivity contribution in [1.82, 2.24) is 15.1 Å². The summed E-state index contributed by atoms with van der Waals surface area (Å²) in [6, 6.07) is 7.52. The highest BCUT2D eigenvalue weighted by Crippen LogP contribution is 2.16. The van der Waals surface area contributed by atoms with Crippen molar-refractivity contribution in [3.63, 3.8) is 0 Å². The van der Waals surface area contributed by atoms with Crippen LogP contribution < -0.4 is 10.9 Å². The molecule has 1 aromatic heterocycles. The maximum atomic E-state index is 12.0. The lowest BCUT2D eigenvalue weighted by molar-refractivity contribution is -0.122. The Morgan fingerprint density at radius 3 is 3.05 bits per heavy atom. The third-order valence-electron chi connectivity index (χ3n) is 3.25. The van der Waals surface area contributed by atoms with Crippen LogP contribution in [-0.4, -0.2) is 33.2 Å². The number of benzene rings is 1. The summed E-state index contributed by atoms with van der Waals surface area (Å²) in [5.74, 6) is 1.95. The van der Waals surface area contributed by atoms with Gasteiger partial charge in [-0.15, -0.1) is 0 Å². The van der Waals surface area contributed by atoms with E-state index in [-0.39, 0.29) is 24.1 Å². The Bertz CT molecular complexity index is 655. The van der Waals surface area contributed by atoms with E-state index in [1.807, 2.05) is 30.0 Å². The van der Waals surface area contributed by atoms with Gasteiger partial charge in [-0.25, -0.2) is 4.68 Å². The van der Waals surface area contributed by atoms with Crippen molar-refractivity contribution in [2.75, 3.05) is 11.5 Å². The maximum absolute atomic E-state index is 12.0. The Kier molecular flexibility index (Phi) is 3.33. The van der Waals surface area contributed by atoms with E-state index < -0.39 is 0 Å². The lowest BCUT2D eigenvalue weighted by Gasteiger charge is -2.10. The molecule has 0 bridgehead atoms. The predicted octanol–water partition coefficient (Wildman–Crippen LogP) is 0.951. The Balaban J connectivity index is 1.75. The standard InChI is InChI=1S/C13H15N3O2S/c17-12(14-9-5-6-19-8-9)7-16-13(18)10-3-1-2-4-11(10)15-16/h1-4,9,15H,5-8H2,(H,14,17)/t9-/m1/s1. The topological polar surface area (TPSA) is 66.9 Å². The summed E-state index contributed by atoms with van der Waals surface area (Å²) in [6.45, 7) is 0.0503. The second-order valence-electron chi connectivity index (χ2n) is 4.68. The van der Waals surface area contributed by atoms with Gasteiger partial charge in [0.2, 0.25) is 5.91 Å². The van der Waals surface area contributed by atoms with Crippen LogP contribution in [-0.2, 0) is 11.3 Å². The van der Waals surface area contributed by atoms with Crippen LogP contribution in [0.25, 0.3) is 10.9 Å². The molecule has 0 unspecified atom stereocenters. The van der Waals surface area contributed by atoms with Crippen LogP contribution in [0.4, 0.5) is 0 Å². The second-order valence-corrected chi connectivity index (χ2v) is 5.83. The first-order valence-electron chi connectivity index (χ1n) is 6.29. The molecule has 0 spiro atoms. The molecule has 0 saturated carbocycles. The zero-order valence-corrected chi connectivity index (χ0v) is 11.2. The van der Waals surface area contributed by atoms with Crippen LogP contribution in [0.3, 0.4) is 0 Å². The first-order valence-corrected chi connectivity index (χ1v) is 7.44. The maximum Gasteiger partial charge on any atom is 0.274 e. The molecule has 1 aliphatic heterocycles. The summed E-state index contributed by atoms with van der Waals surface area (Å²) in [5, 5.41) is 6.53. The third-order valence-corrected chi connectivity index (χ3v) is 4.42. The van der Waals surface area contributed by atoms with Crippen LogP contribution in [0.2, 0.25) is 0 Å². The van der Waals surface area contributed by atoms with Crippen molar-refractivity contribution >= 4 is 28.6 Å². The summed E-state index contributed by atoms with van der Waals surface area (Å²) in [7, 11) is 0. The van der Waals surface area contributed by atoms with Crippen molar-refractivity contribution in [3.8, 4) is 0 Å². The molecular formula is C13H15N3O2S. The van der Waals surface area contributed by atoms with Crippen LogP contribution in [0.15, 0.2) is 29.1 Å². The number of nitrogens with one attached hydrogen (secondary N) is 2. The van der Waals surface area contributed by atoms with E-state index in [1.54, 1.807) is 6.07 Å². The number of carbonyl (C=O) groups excluding carboxylic acids is 1. The Hall–Kier alpha value is -1.69. The van der Waals surface area contributed by atoms with Gasteiger partial charge in [0.15, 0.2) is 0 Å². The zero-order chi connectivity index (χ0) is 13.2. The number of hydrogen-bond donors (Lipinski definition) is 2. The molecule has 2 aromatic rings. The Morgan fingerprint density at radius 2 is 2.32 bits per heavy atom. The Labute approximate surface area is 114 Å². The van der Waals surface area contributed by atoms with E-state index in [9.17, 15) is 9.59 Å².